The van der Waals surface area contributed by atoms with E-state index in [1.807, 2.05) is 0 Å². The van der Waals surface area contributed by atoms with E-state index in [1.54, 1.807) is 32.1 Å². The van der Waals surface area contributed by atoms with Gasteiger partial charge in [-0.2, -0.15) is 0 Å². The second kappa shape index (κ2) is 7.96. The maximum Gasteiger partial charge on any atom is 0.327 e. The maximum atomic E-state index is 12.7. The Labute approximate surface area is 160 Å². The summed E-state index contributed by atoms with van der Waals surface area (Å²) in [5, 5.41) is 19.4. The van der Waals surface area contributed by atoms with Crippen molar-refractivity contribution in [3.8, 4) is 17.2 Å². The average Bonchev–Trinajstić information content (AvgIpc) is 2.83. The number of carboxylic acids is 1. The molecule has 2 rings (SSSR count). The molecule has 1 aliphatic heterocycles. The summed E-state index contributed by atoms with van der Waals surface area (Å²) >= 11 is 6.25. The third-order valence-electron chi connectivity index (χ3n) is 3.79. The van der Waals surface area contributed by atoms with Gasteiger partial charge in [0.2, 0.25) is 5.75 Å². The number of carboxylic acid groups (broad SMARTS) is 1. The first-order chi connectivity index (χ1) is 12.2. The minimum atomic E-state index is -1.11. The summed E-state index contributed by atoms with van der Waals surface area (Å²) in [5.41, 5.74) is 0.549. The topological polar surface area (TPSA) is 96.3 Å². The van der Waals surface area contributed by atoms with Crippen LogP contribution in [-0.4, -0.2) is 51.6 Å². The van der Waals surface area contributed by atoms with Gasteiger partial charge in [-0.05, 0) is 29.7 Å². The maximum absolute atomic E-state index is 12.7. The van der Waals surface area contributed by atoms with Crippen LogP contribution < -0.4 is 9.47 Å². The molecule has 1 saturated heterocycles. The van der Waals surface area contributed by atoms with Crippen molar-refractivity contribution in [2.45, 2.75) is 19.9 Å². The third kappa shape index (κ3) is 3.78. The number of phenols is 1. The first-order valence-corrected chi connectivity index (χ1v) is 8.88. The minimum Gasteiger partial charge on any atom is -0.502 e. The number of aliphatic carboxylic acids is 1. The Hall–Kier alpha value is -2.26. The number of benzene rings is 1. The molecule has 1 aromatic carbocycles. The van der Waals surface area contributed by atoms with Crippen LogP contribution in [0.15, 0.2) is 17.0 Å². The van der Waals surface area contributed by atoms with Crippen molar-refractivity contribution in [2.24, 2.45) is 5.92 Å². The van der Waals surface area contributed by atoms with E-state index in [-0.39, 0.29) is 32.4 Å². The van der Waals surface area contributed by atoms with Crippen LogP contribution in [0.3, 0.4) is 0 Å². The smallest absolute Gasteiger partial charge is 0.327 e. The fourth-order valence-corrected chi connectivity index (χ4v) is 3.89. The lowest BCUT2D eigenvalue weighted by Crippen LogP contribution is -2.47. The molecule has 26 heavy (non-hydrogen) atoms. The first kappa shape index (κ1) is 20.1. The summed E-state index contributed by atoms with van der Waals surface area (Å²) in [6, 6.07) is 2.06. The van der Waals surface area contributed by atoms with Crippen LogP contribution >= 0.6 is 24.0 Å². The van der Waals surface area contributed by atoms with Gasteiger partial charge >= 0.3 is 5.97 Å². The van der Waals surface area contributed by atoms with Gasteiger partial charge < -0.3 is 19.7 Å². The Morgan fingerprint density at radius 1 is 1.27 bits per heavy atom. The van der Waals surface area contributed by atoms with Crippen molar-refractivity contribution in [2.75, 3.05) is 14.2 Å². The molecular formula is C17H19NO6S2. The number of methoxy groups -OCH3 is 2. The molecule has 1 aliphatic rings. The zero-order valence-corrected chi connectivity index (χ0v) is 16.3. The summed E-state index contributed by atoms with van der Waals surface area (Å²) in [6.45, 7) is 3.44. The zero-order valence-electron chi connectivity index (χ0n) is 14.7. The van der Waals surface area contributed by atoms with Gasteiger partial charge in [0.15, 0.2) is 11.5 Å². The Morgan fingerprint density at radius 3 is 2.23 bits per heavy atom. The lowest BCUT2D eigenvalue weighted by molar-refractivity contribution is -0.146. The summed E-state index contributed by atoms with van der Waals surface area (Å²) in [7, 11) is 2.80. The minimum absolute atomic E-state index is 0.148. The number of rotatable bonds is 6. The normalized spacial score (nSPS) is 17.1. The molecule has 1 fully saturated rings. The Morgan fingerprint density at radius 2 is 1.81 bits per heavy atom. The van der Waals surface area contributed by atoms with Crippen LogP contribution in [0.5, 0.6) is 17.2 Å². The van der Waals surface area contributed by atoms with E-state index < -0.39 is 17.9 Å². The van der Waals surface area contributed by atoms with Crippen LogP contribution in [0.2, 0.25) is 0 Å². The second-order valence-electron chi connectivity index (χ2n) is 5.85. The van der Waals surface area contributed by atoms with E-state index in [1.165, 1.54) is 14.2 Å². The lowest BCUT2D eigenvalue weighted by atomic mass is 10.0. The van der Waals surface area contributed by atoms with Crippen molar-refractivity contribution >= 4 is 46.3 Å². The van der Waals surface area contributed by atoms with Crippen molar-refractivity contribution < 1.29 is 29.3 Å². The summed E-state index contributed by atoms with van der Waals surface area (Å²) in [4.78, 5) is 25.7. The van der Waals surface area contributed by atoms with Gasteiger partial charge in [-0.15, -0.1) is 0 Å². The van der Waals surface area contributed by atoms with Crippen molar-refractivity contribution in [3.63, 3.8) is 0 Å². The molecule has 0 radical (unpaired) electrons. The van der Waals surface area contributed by atoms with Crippen molar-refractivity contribution in [3.05, 3.63) is 22.6 Å². The highest BCUT2D eigenvalue weighted by Gasteiger charge is 2.41. The number of carbonyl (C=O) groups is 2. The molecule has 0 aromatic heterocycles. The molecule has 1 amide bonds. The van der Waals surface area contributed by atoms with Gasteiger partial charge in [-0.25, -0.2) is 4.79 Å². The number of thiocarbonyl (C=S) groups is 1. The molecule has 0 spiro atoms. The molecule has 2 N–H and O–H groups in total. The summed E-state index contributed by atoms with van der Waals surface area (Å²) < 4.78 is 10.4. The highest BCUT2D eigenvalue weighted by molar-refractivity contribution is 8.26. The molecule has 0 aliphatic carbocycles. The Bertz CT molecular complexity index is 764. The number of amides is 1. The van der Waals surface area contributed by atoms with Crippen LogP contribution in [0.25, 0.3) is 6.08 Å². The highest BCUT2D eigenvalue weighted by atomic mass is 32.2. The van der Waals surface area contributed by atoms with E-state index in [0.29, 0.717) is 5.56 Å². The SMILES string of the molecule is COc1cc(/C=C2/SC(=S)N(C(C(=O)O)C(C)C)C2=O)cc(OC)c1O. The number of thioether (sulfide) groups is 1. The van der Waals surface area contributed by atoms with Gasteiger partial charge in [0, 0.05) is 0 Å². The number of phenolic OH excluding ortho intramolecular Hbond substituents is 1. The molecule has 0 saturated carbocycles. The number of hydrogen-bond donors (Lipinski definition) is 2. The van der Waals surface area contributed by atoms with Gasteiger partial charge in [0.25, 0.3) is 5.91 Å². The van der Waals surface area contributed by atoms with Gasteiger partial charge in [0.05, 0.1) is 19.1 Å². The number of carbonyl (C=O) groups excluding carboxylic acids is 1. The largest absolute Gasteiger partial charge is 0.502 e. The summed E-state index contributed by atoms with van der Waals surface area (Å²) in [5.74, 6) is -1.64. The van der Waals surface area contributed by atoms with E-state index >= 15 is 0 Å². The first-order valence-electron chi connectivity index (χ1n) is 7.66. The molecular weight excluding hydrogens is 378 g/mol. The number of ether oxygens (including phenoxy) is 2. The van der Waals surface area contributed by atoms with Crippen LogP contribution in [-0.2, 0) is 9.59 Å². The van der Waals surface area contributed by atoms with Crippen LogP contribution in [0, 0.1) is 5.92 Å². The van der Waals surface area contributed by atoms with E-state index in [4.69, 9.17) is 21.7 Å². The molecule has 9 heteroatoms. The predicted octanol–water partition coefficient (Wildman–Crippen LogP) is 2.72. The summed E-state index contributed by atoms with van der Waals surface area (Å²) in [6.07, 6.45) is 1.56. The fraction of sp³-hybridized carbons (Fsp3) is 0.353. The number of nitrogens with zero attached hydrogens (tertiary/aromatic N) is 1. The molecule has 1 aromatic rings. The highest BCUT2D eigenvalue weighted by Crippen LogP contribution is 2.40. The predicted molar refractivity (Wildman–Crippen MR) is 102 cm³/mol. The molecule has 0 bridgehead atoms. The third-order valence-corrected chi connectivity index (χ3v) is 5.12. The van der Waals surface area contributed by atoms with E-state index in [0.717, 1.165) is 16.7 Å². The molecule has 1 atom stereocenters. The average molecular weight is 397 g/mol. The second-order valence-corrected chi connectivity index (χ2v) is 7.53. The lowest BCUT2D eigenvalue weighted by Gasteiger charge is -2.26. The zero-order chi connectivity index (χ0) is 19.6. The van der Waals surface area contributed by atoms with E-state index in [2.05, 4.69) is 0 Å². The van der Waals surface area contributed by atoms with Gasteiger partial charge in [-0.3, -0.25) is 9.69 Å². The Balaban J connectivity index is 2.43. The Kier molecular flexibility index (Phi) is 6.14. The molecule has 1 unspecified atom stereocenters. The van der Waals surface area contributed by atoms with Gasteiger partial charge in [-0.1, -0.05) is 37.8 Å². The molecule has 1 heterocycles. The van der Waals surface area contributed by atoms with Crippen LogP contribution in [0.1, 0.15) is 19.4 Å². The van der Waals surface area contributed by atoms with E-state index in [9.17, 15) is 19.8 Å². The molecule has 7 nitrogen and oxygen atoms in total. The quantitative estimate of drug-likeness (QED) is 0.559. The number of aromatic hydroxyl groups is 1. The van der Waals surface area contributed by atoms with Crippen LogP contribution in [0.4, 0.5) is 0 Å². The van der Waals surface area contributed by atoms with Gasteiger partial charge in [0.1, 0.15) is 10.4 Å². The fourth-order valence-electron chi connectivity index (χ4n) is 2.56. The van der Waals surface area contributed by atoms with Crippen molar-refractivity contribution in [1.82, 2.24) is 4.90 Å². The van der Waals surface area contributed by atoms with Crippen molar-refractivity contribution in [1.29, 1.82) is 0 Å². The number of hydrogen-bond acceptors (Lipinski definition) is 7. The standard InChI is InChI=1S/C17H19NO6S2/c1-8(2)13(16(21)22)18-15(20)12(26-17(18)25)7-9-5-10(23-3)14(19)11(6-9)24-4/h5-8,13,19H,1-4H3,(H,21,22)/b12-7+. The monoisotopic (exact) mass is 397 g/mol. The molecule has 140 valence electrons.